The van der Waals surface area contributed by atoms with Crippen LogP contribution in [0.1, 0.15) is 12.8 Å². The quantitative estimate of drug-likeness (QED) is 0.348. The minimum absolute atomic E-state index is 0.0181. The molecule has 6 atom stereocenters. The van der Waals surface area contributed by atoms with Crippen LogP contribution in [0.3, 0.4) is 0 Å². The lowest BCUT2D eigenvalue weighted by Crippen LogP contribution is -2.40. The molecule has 1 aliphatic heterocycles. The van der Waals surface area contributed by atoms with Crippen molar-refractivity contribution in [1.29, 1.82) is 0 Å². The molecule has 29 heavy (non-hydrogen) atoms. The average molecular weight is 388 g/mol. The number of imide groups is 1. The summed E-state index contributed by atoms with van der Waals surface area (Å²) in [5.74, 6) is 0.812. The van der Waals surface area contributed by atoms with Crippen LogP contribution >= 0.6 is 0 Å². The lowest BCUT2D eigenvalue weighted by atomic mass is 9.63. The molecule has 6 nitrogen and oxygen atoms in total. The highest BCUT2D eigenvalue weighted by Gasteiger charge is 2.66. The number of amides is 2. The summed E-state index contributed by atoms with van der Waals surface area (Å²) in [6, 6.07) is 9.12. The number of likely N-dealkylation sites (tertiary alicyclic amines) is 1. The summed E-state index contributed by atoms with van der Waals surface area (Å²) in [7, 11) is 0. The molecule has 0 spiro atoms. The van der Waals surface area contributed by atoms with E-state index in [4.69, 9.17) is 4.74 Å². The molecule has 6 heteroatoms. The number of rotatable bonds is 4. The number of hydrogen-bond acceptors (Lipinski definition) is 5. The summed E-state index contributed by atoms with van der Waals surface area (Å²) in [4.78, 5) is 43.9. The molecule has 146 valence electrons. The van der Waals surface area contributed by atoms with Crippen molar-refractivity contribution in [2.75, 3.05) is 6.54 Å². The van der Waals surface area contributed by atoms with Gasteiger partial charge in [0.1, 0.15) is 5.52 Å². The highest BCUT2D eigenvalue weighted by Crippen LogP contribution is 2.65. The third-order valence-electron chi connectivity index (χ3n) is 7.11. The summed E-state index contributed by atoms with van der Waals surface area (Å²) in [5.41, 5.74) is 0.615. The zero-order valence-corrected chi connectivity index (χ0v) is 15.7. The Morgan fingerprint density at radius 2 is 1.72 bits per heavy atom. The number of fused-ring (bicyclic) bond motifs is 1. The fourth-order valence-electron chi connectivity index (χ4n) is 5.77. The molecule has 7 rings (SSSR count). The van der Waals surface area contributed by atoms with Gasteiger partial charge in [-0.25, -0.2) is 0 Å². The Morgan fingerprint density at radius 3 is 2.45 bits per heavy atom. The van der Waals surface area contributed by atoms with Crippen LogP contribution in [-0.4, -0.2) is 34.2 Å². The minimum atomic E-state index is -0.470. The topological polar surface area (TPSA) is 76.6 Å². The average Bonchev–Trinajstić information content (AvgIpc) is 3.52. The van der Waals surface area contributed by atoms with E-state index in [1.54, 1.807) is 18.3 Å². The van der Waals surface area contributed by atoms with E-state index in [2.05, 4.69) is 17.1 Å². The Balaban J connectivity index is 1.15. The number of pyridine rings is 1. The number of carbonyl (C=O) groups excluding carboxylic acids is 3. The molecular formula is C23H20N2O4. The summed E-state index contributed by atoms with van der Waals surface area (Å²) in [6.07, 6.45) is 7.07. The van der Waals surface area contributed by atoms with Crippen LogP contribution in [0.4, 0.5) is 0 Å². The van der Waals surface area contributed by atoms with Gasteiger partial charge in [0, 0.05) is 18.1 Å². The van der Waals surface area contributed by atoms with E-state index >= 15 is 0 Å². The number of carbonyl (C=O) groups is 3. The molecule has 1 saturated heterocycles. The fourth-order valence-corrected chi connectivity index (χ4v) is 5.77. The van der Waals surface area contributed by atoms with Gasteiger partial charge in [0.2, 0.25) is 11.8 Å². The highest BCUT2D eigenvalue weighted by molar-refractivity contribution is 6.06. The van der Waals surface area contributed by atoms with Gasteiger partial charge < -0.3 is 4.74 Å². The van der Waals surface area contributed by atoms with Crippen LogP contribution in [0, 0.1) is 35.5 Å². The van der Waals surface area contributed by atoms with Crippen molar-refractivity contribution in [1.82, 2.24) is 9.88 Å². The monoisotopic (exact) mass is 388 g/mol. The summed E-state index contributed by atoms with van der Waals surface area (Å²) in [5, 5.41) is 0.883. The predicted molar refractivity (Wildman–Crippen MR) is 103 cm³/mol. The number of ether oxygens (including phenoxy) is 1. The van der Waals surface area contributed by atoms with E-state index in [1.807, 2.05) is 18.2 Å². The molecule has 1 aromatic carbocycles. The zero-order valence-electron chi connectivity index (χ0n) is 15.7. The Morgan fingerprint density at radius 1 is 1.03 bits per heavy atom. The van der Waals surface area contributed by atoms with Crippen molar-refractivity contribution in [3.8, 4) is 5.75 Å². The van der Waals surface area contributed by atoms with Crippen LogP contribution in [0.15, 0.2) is 48.7 Å². The van der Waals surface area contributed by atoms with E-state index in [0.717, 1.165) is 11.8 Å². The minimum Gasteiger partial charge on any atom is -0.424 e. The first kappa shape index (κ1) is 16.9. The normalized spacial score (nSPS) is 33.7. The van der Waals surface area contributed by atoms with Gasteiger partial charge >= 0.3 is 5.97 Å². The predicted octanol–water partition coefficient (Wildman–Crippen LogP) is 2.58. The first-order valence-corrected chi connectivity index (χ1v) is 10.2. The molecule has 1 aromatic heterocycles. The third kappa shape index (κ3) is 2.41. The number of para-hydroxylation sites is 1. The Hall–Kier alpha value is -3.02. The number of aromatic nitrogens is 1. The van der Waals surface area contributed by atoms with Gasteiger partial charge in [0.15, 0.2) is 5.75 Å². The summed E-state index contributed by atoms with van der Waals surface area (Å²) in [6.45, 7) is 0.0798. The second-order valence-electron chi connectivity index (χ2n) is 8.54. The maximum Gasteiger partial charge on any atom is 0.313 e. The molecule has 2 aromatic rings. The van der Waals surface area contributed by atoms with Gasteiger partial charge in [-0.3, -0.25) is 24.3 Å². The first-order chi connectivity index (χ1) is 14.1. The number of hydrogen-bond donors (Lipinski definition) is 0. The molecule has 0 N–H and O–H groups in total. The van der Waals surface area contributed by atoms with Gasteiger partial charge in [0.25, 0.3) is 0 Å². The molecule has 2 amide bonds. The third-order valence-corrected chi connectivity index (χ3v) is 7.11. The maximum atomic E-state index is 13.0. The van der Waals surface area contributed by atoms with Crippen molar-refractivity contribution in [3.63, 3.8) is 0 Å². The second-order valence-corrected chi connectivity index (χ2v) is 8.54. The van der Waals surface area contributed by atoms with Gasteiger partial charge in [-0.2, -0.15) is 0 Å². The van der Waals surface area contributed by atoms with Crippen LogP contribution < -0.4 is 4.74 Å². The standard InChI is InChI=1S/C23H20N2O4/c26-18(29-17-5-1-3-12-4-2-9-24-21(12)17)8-10-25-22(27)19-13-6-7-14(16-11-15(13)16)20(19)23(25)28/h1-7,9,13-16,19-20H,8,10-11H2/t13-,14+,15-,16-,19+,20-/m1/s1. The van der Waals surface area contributed by atoms with E-state index in [1.165, 1.54) is 4.90 Å². The smallest absolute Gasteiger partial charge is 0.313 e. The first-order valence-electron chi connectivity index (χ1n) is 10.2. The number of esters is 1. The second kappa shape index (κ2) is 5.99. The molecule has 0 unspecified atom stereocenters. The maximum absolute atomic E-state index is 13.0. The van der Waals surface area contributed by atoms with Gasteiger partial charge in [-0.1, -0.05) is 30.4 Å². The number of allylic oxidation sites excluding steroid dienone is 2. The molecular weight excluding hydrogens is 368 g/mol. The van der Waals surface area contributed by atoms with Gasteiger partial charge in [0.05, 0.1) is 18.3 Å². The number of nitrogens with zero attached hydrogens (tertiary/aromatic N) is 2. The highest BCUT2D eigenvalue weighted by atomic mass is 16.5. The van der Waals surface area contributed by atoms with Crippen LogP contribution in [-0.2, 0) is 14.4 Å². The summed E-state index contributed by atoms with van der Waals surface area (Å²) < 4.78 is 5.49. The van der Waals surface area contributed by atoms with E-state index in [9.17, 15) is 14.4 Å². The lowest BCUT2D eigenvalue weighted by Gasteiger charge is -2.37. The SMILES string of the molecule is O=C(CCN1C(=O)[C@@H]2[C@H]3C=C[C@H]([C@H]4C[C@H]34)[C@@H]2C1=O)Oc1cccc2cccnc12. The van der Waals surface area contributed by atoms with Crippen LogP contribution in [0.25, 0.3) is 10.9 Å². The van der Waals surface area contributed by atoms with Crippen molar-refractivity contribution in [2.45, 2.75) is 12.8 Å². The lowest BCUT2D eigenvalue weighted by molar-refractivity contribution is -0.141. The molecule has 5 aliphatic rings. The molecule has 2 heterocycles. The van der Waals surface area contributed by atoms with Crippen molar-refractivity contribution in [3.05, 3.63) is 48.7 Å². The molecule has 2 bridgehead atoms. The van der Waals surface area contributed by atoms with Crippen molar-refractivity contribution >= 4 is 28.7 Å². The Labute approximate surface area is 167 Å². The van der Waals surface area contributed by atoms with Crippen LogP contribution in [0.2, 0.25) is 0 Å². The van der Waals surface area contributed by atoms with Crippen molar-refractivity contribution in [2.24, 2.45) is 35.5 Å². The Kier molecular flexibility index (Phi) is 3.49. The van der Waals surface area contributed by atoms with E-state index in [0.29, 0.717) is 23.1 Å². The molecule has 0 radical (unpaired) electrons. The zero-order chi connectivity index (χ0) is 19.7. The van der Waals surface area contributed by atoms with Crippen molar-refractivity contribution < 1.29 is 19.1 Å². The largest absolute Gasteiger partial charge is 0.424 e. The Bertz CT molecular complexity index is 1050. The summed E-state index contributed by atoms with van der Waals surface area (Å²) >= 11 is 0. The van der Waals surface area contributed by atoms with Gasteiger partial charge in [-0.05, 0) is 42.2 Å². The number of benzene rings is 1. The molecule has 3 fully saturated rings. The van der Waals surface area contributed by atoms with Crippen LogP contribution in [0.5, 0.6) is 5.75 Å². The molecule has 4 aliphatic carbocycles. The molecule has 2 saturated carbocycles. The van der Waals surface area contributed by atoms with Gasteiger partial charge in [-0.15, -0.1) is 0 Å². The van der Waals surface area contributed by atoms with E-state index < -0.39 is 5.97 Å². The van der Waals surface area contributed by atoms with E-state index in [-0.39, 0.29) is 48.5 Å². The fraction of sp³-hybridized carbons (Fsp3) is 0.391.